The number of hydrogen-bond donors (Lipinski definition) is 1. The molecule has 0 radical (unpaired) electrons. The van der Waals surface area contributed by atoms with Crippen molar-refractivity contribution in [3.8, 4) is 5.75 Å². The van der Waals surface area contributed by atoms with Crippen molar-refractivity contribution in [1.82, 2.24) is 14.5 Å². The van der Waals surface area contributed by atoms with Gasteiger partial charge in [-0.15, -0.1) is 0 Å². The number of fused-ring (bicyclic) bond motifs is 1. The van der Waals surface area contributed by atoms with E-state index in [1.54, 1.807) is 7.11 Å². The van der Waals surface area contributed by atoms with E-state index >= 15 is 0 Å². The molecule has 6 heteroatoms. The monoisotopic (exact) mass is 272 g/mol. The Balaban J connectivity index is 2.07. The second kappa shape index (κ2) is 4.56. The van der Waals surface area contributed by atoms with Gasteiger partial charge in [0.25, 0.3) is 0 Å². The van der Waals surface area contributed by atoms with E-state index < -0.39 is 0 Å². The average molecular weight is 272 g/mol. The summed E-state index contributed by atoms with van der Waals surface area (Å²) in [5, 5.41) is 0. The van der Waals surface area contributed by atoms with E-state index in [4.69, 9.17) is 14.9 Å². The van der Waals surface area contributed by atoms with Gasteiger partial charge in [-0.05, 0) is 26.0 Å². The number of oxazole rings is 1. The highest BCUT2D eigenvalue weighted by Crippen LogP contribution is 2.24. The van der Waals surface area contributed by atoms with Crippen LogP contribution in [-0.4, -0.2) is 21.6 Å². The van der Waals surface area contributed by atoms with Gasteiger partial charge in [-0.2, -0.15) is 0 Å². The number of anilines is 1. The molecule has 0 aliphatic heterocycles. The van der Waals surface area contributed by atoms with Crippen molar-refractivity contribution >= 4 is 17.0 Å². The Hall–Kier alpha value is -2.50. The summed E-state index contributed by atoms with van der Waals surface area (Å²) in [7, 11) is 1.63. The number of nitrogens with zero attached hydrogens (tertiary/aromatic N) is 3. The van der Waals surface area contributed by atoms with Crippen LogP contribution in [0, 0.1) is 13.8 Å². The first kappa shape index (κ1) is 12.5. The van der Waals surface area contributed by atoms with Crippen LogP contribution in [0.5, 0.6) is 5.75 Å². The number of rotatable bonds is 3. The van der Waals surface area contributed by atoms with Crippen LogP contribution in [0.3, 0.4) is 0 Å². The first-order valence-corrected chi connectivity index (χ1v) is 6.31. The van der Waals surface area contributed by atoms with Gasteiger partial charge in [0.15, 0.2) is 0 Å². The largest absolute Gasteiger partial charge is 0.497 e. The standard InChI is InChI=1S/C14H16N4O2/c1-8-9(2)20-13(16-8)7-18-12-6-10(19-3)4-5-11(12)17-14(18)15/h4-6H,7H2,1-3H3,(H2,15,17). The summed E-state index contributed by atoms with van der Waals surface area (Å²) >= 11 is 0. The van der Waals surface area contributed by atoms with Crippen molar-refractivity contribution in [3.05, 3.63) is 35.5 Å². The zero-order valence-electron chi connectivity index (χ0n) is 11.7. The van der Waals surface area contributed by atoms with E-state index in [9.17, 15) is 0 Å². The Kier molecular flexibility index (Phi) is 2.85. The van der Waals surface area contributed by atoms with Crippen molar-refractivity contribution in [2.75, 3.05) is 12.8 Å². The van der Waals surface area contributed by atoms with Crippen LogP contribution in [0.2, 0.25) is 0 Å². The Bertz CT molecular complexity index is 753. The second-order valence-electron chi connectivity index (χ2n) is 4.66. The van der Waals surface area contributed by atoms with Gasteiger partial charge < -0.3 is 19.5 Å². The molecule has 1 aromatic carbocycles. The quantitative estimate of drug-likeness (QED) is 0.791. The number of aryl methyl sites for hydroxylation is 2. The predicted molar refractivity (Wildman–Crippen MR) is 75.8 cm³/mol. The first-order valence-electron chi connectivity index (χ1n) is 6.31. The SMILES string of the molecule is COc1ccc2nc(N)n(Cc3nc(C)c(C)o3)c2c1. The minimum atomic E-state index is 0.432. The highest BCUT2D eigenvalue weighted by molar-refractivity contribution is 5.80. The highest BCUT2D eigenvalue weighted by atomic mass is 16.5. The molecule has 2 N–H and O–H groups in total. The molecule has 0 amide bonds. The number of ether oxygens (including phenoxy) is 1. The van der Waals surface area contributed by atoms with Crippen molar-refractivity contribution in [3.63, 3.8) is 0 Å². The van der Waals surface area contributed by atoms with Gasteiger partial charge in [0.1, 0.15) is 18.1 Å². The summed E-state index contributed by atoms with van der Waals surface area (Å²) in [5.74, 6) is 2.63. The van der Waals surface area contributed by atoms with Gasteiger partial charge in [-0.1, -0.05) is 0 Å². The van der Waals surface area contributed by atoms with Crippen molar-refractivity contribution < 1.29 is 9.15 Å². The molecule has 3 rings (SSSR count). The molecule has 2 aromatic heterocycles. The molecule has 0 atom stereocenters. The van der Waals surface area contributed by atoms with Gasteiger partial charge in [-0.25, -0.2) is 9.97 Å². The fourth-order valence-electron chi connectivity index (χ4n) is 2.16. The molecular formula is C14H16N4O2. The smallest absolute Gasteiger partial charge is 0.214 e. The molecule has 0 spiro atoms. The number of aromatic nitrogens is 3. The van der Waals surface area contributed by atoms with E-state index in [-0.39, 0.29) is 0 Å². The minimum absolute atomic E-state index is 0.432. The summed E-state index contributed by atoms with van der Waals surface area (Å²) in [6.45, 7) is 4.26. The van der Waals surface area contributed by atoms with Crippen LogP contribution in [0.4, 0.5) is 5.95 Å². The zero-order chi connectivity index (χ0) is 14.3. The number of imidazole rings is 1. The molecule has 2 heterocycles. The van der Waals surface area contributed by atoms with Crippen LogP contribution in [0.1, 0.15) is 17.3 Å². The number of methoxy groups -OCH3 is 1. The van der Waals surface area contributed by atoms with Gasteiger partial charge in [-0.3, -0.25) is 0 Å². The van der Waals surface area contributed by atoms with Crippen molar-refractivity contribution in [1.29, 1.82) is 0 Å². The molecule has 20 heavy (non-hydrogen) atoms. The van der Waals surface area contributed by atoms with Gasteiger partial charge in [0, 0.05) is 6.07 Å². The molecule has 0 saturated heterocycles. The summed E-state index contributed by atoms with van der Waals surface area (Å²) in [4.78, 5) is 8.70. The van der Waals surface area contributed by atoms with E-state index in [0.717, 1.165) is 28.2 Å². The molecule has 0 aliphatic rings. The number of hydrogen-bond acceptors (Lipinski definition) is 5. The van der Waals surface area contributed by atoms with Crippen molar-refractivity contribution in [2.24, 2.45) is 0 Å². The number of nitrogen functional groups attached to an aromatic ring is 1. The maximum absolute atomic E-state index is 5.98. The summed E-state index contributed by atoms with van der Waals surface area (Å²) in [6, 6.07) is 5.65. The summed E-state index contributed by atoms with van der Waals surface area (Å²) < 4.78 is 12.7. The molecule has 0 saturated carbocycles. The molecule has 0 unspecified atom stereocenters. The second-order valence-corrected chi connectivity index (χ2v) is 4.66. The van der Waals surface area contributed by atoms with Gasteiger partial charge in [0.2, 0.25) is 11.8 Å². The number of nitrogens with two attached hydrogens (primary N) is 1. The third-order valence-corrected chi connectivity index (χ3v) is 3.35. The maximum Gasteiger partial charge on any atom is 0.214 e. The average Bonchev–Trinajstić information content (AvgIpc) is 2.90. The van der Waals surface area contributed by atoms with E-state index in [2.05, 4.69) is 9.97 Å². The fourth-order valence-corrected chi connectivity index (χ4v) is 2.16. The van der Waals surface area contributed by atoms with Crippen LogP contribution < -0.4 is 10.5 Å². The predicted octanol–water partition coefficient (Wildman–Crippen LogP) is 2.28. The molecule has 3 aromatic rings. The lowest BCUT2D eigenvalue weighted by Crippen LogP contribution is -2.05. The molecule has 0 bridgehead atoms. The third kappa shape index (κ3) is 1.99. The van der Waals surface area contributed by atoms with E-state index in [0.29, 0.717) is 18.4 Å². The lowest BCUT2D eigenvalue weighted by Gasteiger charge is -2.04. The Morgan fingerprint density at radius 1 is 1.30 bits per heavy atom. The van der Waals surface area contributed by atoms with Gasteiger partial charge >= 0.3 is 0 Å². The molecule has 6 nitrogen and oxygen atoms in total. The number of benzene rings is 1. The lowest BCUT2D eigenvalue weighted by atomic mass is 10.3. The van der Waals surface area contributed by atoms with Crippen LogP contribution in [0.25, 0.3) is 11.0 Å². The zero-order valence-corrected chi connectivity index (χ0v) is 11.7. The maximum atomic E-state index is 5.98. The Morgan fingerprint density at radius 3 is 2.75 bits per heavy atom. The van der Waals surface area contributed by atoms with E-state index in [1.165, 1.54) is 0 Å². The van der Waals surface area contributed by atoms with E-state index in [1.807, 2.05) is 36.6 Å². The van der Waals surface area contributed by atoms with Crippen LogP contribution in [0.15, 0.2) is 22.6 Å². The van der Waals surface area contributed by atoms with Gasteiger partial charge in [0.05, 0.1) is 23.8 Å². The highest BCUT2D eigenvalue weighted by Gasteiger charge is 2.13. The topological polar surface area (TPSA) is 79.1 Å². The summed E-state index contributed by atoms with van der Waals surface area (Å²) in [5.41, 5.74) is 8.59. The molecule has 0 fully saturated rings. The summed E-state index contributed by atoms with van der Waals surface area (Å²) in [6.07, 6.45) is 0. The molecule has 104 valence electrons. The Morgan fingerprint density at radius 2 is 2.10 bits per heavy atom. The molecule has 0 aliphatic carbocycles. The first-order chi connectivity index (χ1) is 9.58. The fraction of sp³-hybridized carbons (Fsp3) is 0.286. The third-order valence-electron chi connectivity index (χ3n) is 3.35. The molecular weight excluding hydrogens is 256 g/mol. The minimum Gasteiger partial charge on any atom is -0.497 e. The Labute approximate surface area is 116 Å². The van der Waals surface area contributed by atoms with Crippen molar-refractivity contribution in [2.45, 2.75) is 20.4 Å². The van der Waals surface area contributed by atoms with Crippen LogP contribution >= 0.6 is 0 Å². The van der Waals surface area contributed by atoms with Crippen LogP contribution in [-0.2, 0) is 6.54 Å². The normalized spacial score (nSPS) is 11.2. The lowest BCUT2D eigenvalue weighted by molar-refractivity contribution is 0.415.